The average Bonchev–Trinajstić information content (AvgIpc) is 2.91. The summed E-state index contributed by atoms with van der Waals surface area (Å²) in [4.78, 5) is 14.4. The van der Waals surface area contributed by atoms with Crippen molar-refractivity contribution in [2.24, 2.45) is 5.10 Å². The zero-order chi connectivity index (χ0) is 17.1. The van der Waals surface area contributed by atoms with E-state index < -0.39 is 0 Å². The standard InChI is InChI=1S/C19H23N3O2/c1-13-11-17(15(3)24-13)14(2)20-21-19(23)12-22-10-6-8-16-7-4-5-9-18(16)22/h4-5,7,9,11H,6,8,10,12H2,1-3H3,(H,21,23)/b20-14-. The van der Waals surface area contributed by atoms with Gasteiger partial charge in [-0.15, -0.1) is 0 Å². The Kier molecular flexibility index (Phi) is 4.69. The van der Waals surface area contributed by atoms with Crippen LogP contribution in [0, 0.1) is 13.8 Å². The number of anilines is 1. The highest BCUT2D eigenvalue weighted by Crippen LogP contribution is 2.26. The summed E-state index contributed by atoms with van der Waals surface area (Å²) in [7, 11) is 0. The van der Waals surface area contributed by atoms with Gasteiger partial charge >= 0.3 is 0 Å². The van der Waals surface area contributed by atoms with Crippen LogP contribution in [-0.4, -0.2) is 24.7 Å². The number of benzene rings is 1. The number of para-hydroxylation sites is 1. The molecule has 24 heavy (non-hydrogen) atoms. The van der Waals surface area contributed by atoms with Crippen molar-refractivity contribution < 1.29 is 9.21 Å². The van der Waals surface area contributed by atoms with Crippen LogP contribution in [0.15, 0.2) is 39.9 Å². The van der Waals surface area contributed by atoms with Gasteiger partial charge in [-0.25, -0.2) is 5.43 Å². The predicted molar refractivity (Wildman–Crippen MR) is 95.5 cm³/mol. The molecule has 1 aromatic carbocycles. The van der Waals surface area contributed by atoms with E-state index >= 15 is 0 Å². The maximum absolute atomic E-state index is 12.3. The molecule has 0 fully saturated rings. The number of nitrogens with zero attached hydrogens (tertiary/aromatic N) is 2. The molecule has 0 saturated carbocycles. The van der Waals surface area contributed by atoms with Crippen molar-refractivity contribution in [1.29, 1.82) is 0 Å². The molecule has 5 nitrogen and oxygen atoms in total. The van der Waals surface area contributed by atoms with Crippen LogP contribution in [0.1, 0.15) is 36.0 Å². The van der Waals surface area contributed by atoms with Gasteiger partial charge in [0.15, 0.2) is 0 Å². The summed E-state index contributed by atoms with van der Waals surface area (Å²) in [5.41, 5.74) is 6.79. The summed E-state index contributed by atoms with van der Waals surface area (Å²) in [6.07, 6.45) is 2.14. The topological polar surface area (TPSA) is 57.8 Å². The number of amides is 1. The third kappa shape index (κ3) is 3.50. The van der Waals surface area contributed by atoms with Crippen LogP contribution < -0.4 is 10.3 Å². The lowest BCUT2D eigenvalue weighted by Gasteiger charge is -2.30. The fourth-order valence-electron chi connectivity index (χ4n) is 3.18. The largest absolute Gasteiger partial charge is 0.466 e. The van der Waals surface area contributed by atoms with Crippen LogP contribution in [0.2, 0.25) is 0 Å². The Morgan fingerprint density at radius 1 is 1.33 bits per heavy atom. The minimum Gasteiger partial charge on any atom is -0.466 e. The second kappa shape index (κ2) is 6.91. The Morgan fingerprint density at radius 3 is 2.88 bits per heavy atom. The number of hydrogen-bond acceptors (Lipinski definition) is 4. The van der Waals surface area contributed by atoms with Gasteiger partial charge < -0.3 is 9.32 Å². The second-order valence-electron chi connectivity index (χ2n) is 6.21. The zero-order valence-electron chi connectivity index (χ0n) is 14.4. The van der Waals surface area contributed by atoms with Gasteiger partial charge in [0.05, 0.1) is 12.3 Å². The highest BCUT2D eigenvalue weighted by Gasteiger charge is 2.18. The van der Waals surface area contributed by atoms with Crippen LogP contribution in [-0.2, 0) is 11.2 Å². The van der Waals surface area contributed by atoms with E-state index in [-0.39, 0.29) is 5.91 Å². The van der Waals surface area contributed by atoms with E-state index in [1.165, 1.54) is 5.56 Å². The van der Waals surface area contributed by atoms with Crippen molar-refractivity contribution in [2.75, 3.05) is 18.0 Å². The van der Waals surface area contributed by atoms with Gasteiger partial charge in [-0.05, 0) is 51.3 Å². The maximum Gasteiger partial charge on any atom is 0.259 e. The van der Waals surface area contributed by atoms with Crippen LogP contribution in [0.5, 0.6) is 0 Å². The molecule has 1 aromatic heterocycles. The Labute approximate surface area is 142 Å². The number of furan rings is 1. The molecular weight excluding hydrogens is 302 g/mol. The van der Waals surface area contributed by atoms with E-state index in [4.69, 9.17) is 4.42 Å². The Hall–Kier alpha value is -2.56. The molecule has 0 atom stereocenters. The normalized spacial score (nSPS) is 14.5. The molecule has 0 radical (unpaired) electrons. The fourth-order valence-corrected chi connectivity index (χ4v) is 3.18. The van der Waals surface area contributed by atoms with E-state index in [1.54, 1.807) is 0 Å². The van der Waals surface area contributed by atoms with Gasteiger partial charge in [0.1, 0.15) is 11.5 Å². The van der Waals surface area contributed by atoms with Crippen LogP contribution >= 0.6 is 0 Å². The molecule has 1 amide bonds. The first-order valence-corrected chi connectivity index (χ1v) is 8.28. The van der Waals surface area contributed by atoms with E-state index in [1.807, 2.05) is 39.0 Å². The molecule has 0 aliphatic carbocycles. The minimum atomic E-state index is -0.107. The molecule has 126 valence electrons. The molecule has 0 saturated heterocycles. The third-order valence-corrected chi connectivity index (χ3v) is 4.32. The van der Waals surface area contributed by atoms with E-state index in [9.17, 15) is 4.79 Å². The van der Waals surface area contributed by atoms with Crippen molar-refractivity contribution in [3.63, 3.8) is 0 Å². The monoisotopic (exact) mass is 325 g/mol. The second-order valence-corrected chi connectivity index (χ2v) is 6.21. The summed E-state index contributed by atoms with van der Waals surface area (Å²) < 4.78 is 5.50. The van der Waals surface area contributed by atoms with E-state index in [0.717, 1.165) is 47.9 Å². The summed E-state index contributed by atoms with van der Waals surface area (Å²) in [5.74, 6) is 1.55. The lowest BCUT2D eigenvalue weighted by molar-refractivity contribution is -0.119. The minimum absolute atomic E-state index is 0.107. The Morgan fingerprint density at radius 2 is 2.12 bits per heavy atom. The van der Waals surface area contributed by atoms with Crippen LogP contribution in [0.3, 0.4) is 0 Å². The van der Waals surface area contributed by atoms with Gasteiger partial charge in [-0.3, -0.25) is 4.79 Å². The zero-order valence-corrected chi connectivity index (χ0v) is 14.4. The molecule has 3 rings (SSSR count). The molecular formula is C19H23N3O2. The number of aryl methyl sites for hydroxylation is 3. The number of nitrogens with one attached hydrogen (secondary N) is 1. The van der Waals surface area contributed by atoms with Crippen LogP contribution in [0.4, 0.5) is 5.69 Å². The molecule has 1 N–H and O–H groups in total. The number of carbonyl (C=O) groups is 1. The lowest BCUT2D eigenvalue weighted by Crippen LogP contribution is -2.38. The Balaban J connectivity index is 1.64. The highest BCUT2D eigenvalue weighted by molar-refractivity contribution is 6.00. The van der Waals surface area contributed by atoms with E-state index in [2.05, 4.69) is 27.6 Å². The number of carbonyl (C=O) groups excluding carboxylic acids is 1. The smallest absolute Gasteiger partial charge is 0.259 e. The molecule has 0 spiro atoms. The SMILES string of the molecule is C/C(=N/NC(=O)CN1CCCc2ccccc21)c1cc(C)oc1C. The van der Waals surface area contributed by atoms with Crippen LogP contribution in [0.25, 0.3) is 0 Å². The first kappa shape index (κ1) is 16.3. The predicted octanol–water partition coefficient (Wildman–Crippen LogP) is 3.19. The number of hydrazone groups is 1. The summed E-state index contributed by atoms with van der Waals surface area (Å²) in [5, 5.41) is 4.22. The number of hydrogen-bond donors (Lipinski definition) is 1. The molecule has 0 bridgehead atoms. The summed E-state index contributed by atoms with van der Waals surface area (Å²) in [6, 6.07) is 10.2. The first-order valence-electron chi connectivity index (χ1n) is 8.28. The van der Waals surface area contributed by atoms with Crippen molar-refractivity contribution >= 4 is 17.3 Å². The van der Waals surface area contributed by atoms with E-state index in [0.29, 0.717) is 6.54 Å². The lowest BCUT2D eigenvalue weighted by atomic mass is 10.0. The van der Waals surface area contributed by atoms with Crippen molar-refractivity contribution in [1.82, 2.24) is 5.43 Å². The number of fused-ring (bicyclic) bond motifs is 1. The number of rotatable bonds is 4. The molecule has 5 heteroatoms. The molecule has 1 aliphatic heterocycles. The van der Waals surface area contributed by atoms with Crippen molar-refractivity contribution in [3.05, 3.63) is 53.0 Å². The quantitative estimate of drug-likeness (QED) is 0.694. The van der Waals surface area contributed by atoms with Gasteiger partial charge in [-0.1, -0.05) is 18.2 Å². The first-order chi connectivity index (χ1) is 11.5. The van der Waals surface area contributed by atoms with Gasteiger partial charge in [0.2, 0.25) is 0 Å². The fraction of sp³-hybridized carbons (Fsp3) is 0.368. The molecule has 2 heterocycles. The maximum atomic E-state index is 12.3. The van der Waals surface area contributed by atoms with Crippen molar-refractivity contribution in [2.45, 2.75) is 33.6 Å². The van der Waals surface area contributed by atoms with Gasteiger partial charge in [0.25, 0.3) is 5.91 Å². The summed E-state index contributed by atoms with van der Waals surface area (Å²) in [6.45, 7) is 6.88. The molecule has 1 aliphatic rings. The molecule has 0 unspecified atom stereocenters. The van der Waals surface area contributed by atoms with Crippen molar-refractivity contribution in [3.8, 4) is 0 Å². The van der Waals surface area contributed by atoms with Gasteiger partial charge in [0, 0.05) is 17.8 Å². The van der Waals surface area contributed by atoms with Gasteiger partial charge in [-0.2, -0.15) is 5.10 Å². The highest BCUT2D eigenvalue weighted by atomic mass is 16.3. The Bertz CT molecular complexity index is 777. The third-order valence-electron chi connectivity index (χ3n) is 4.32. The molecule has 2 aromatic rings. The summed E-state index contributed by atoms with van der Waals surface area (Å²) >= 11 is 0. The average molecular weight is 325 g/mol.